The van der Waals surface area contributed by atoms with Gasteiger partial charge in [-0.2, -0.15) is 0 Å². The van der Waals surface area contributed by atoms with Crippen molar-refractivity contribution in [1.29, 1.82) is 0 Å². The Morgan fingerprint density at radius 2 is 1.90 bits per heavy atom. The molecule has 0 radical (unpaired) electrons. The molecule has 118 valence electrons. The van der Waals surface area contributed by atoms with Crippen LogP contribution in [0.25, 0.3) is 0 Å². The van der Waals surface area contributed by atoms with Crippen LogP contribution in [0.5, 0.6) is 0 Å². The van der Waals surface area contributed by atoms with Gasteiger partial charge in [0.1, 0.15) is 0 Å². The fourth-order valence-electron chi connectivity index (χ4n) is 4.24. The van der Waals surface area contributed by atoms with Crippen LogP contribution in [0.3, 0.4) is 0 Å². The Kier molecular flexibility index (Phi) is 5.18. The Labute approximate surface area is 126 Å². The van der Waals surface area contributed by atoms with Crippen molar-refractivity contribution in [2.75, 3.05) is 19.6 Å². The molecule has 1 saturated carbocycles. The summed E-state index contributed by atoms with van der Waals surface area (Å²) in [5, 5.41) is 3.82. The second kappa shape index (κ2) is 6.36. The first kappa shape index (κ1) is 16.3. The van der Waals surface area contributed by atoms with Crippen molar-refractivity contribution >= 4 is 0 Å². The minimum Gasteiger partial charge on any atom is -0.311 e. The molecule has 3 atom stereocenters. The van der Waals surface area contributed by atoms with Gasteiger partial charge in [0, 0.05) is 24.7 Å². The van der Waals surface area contributed by atoms with E-state index in [0.717, 1.165) is 12.0 Å². The van der Waals surface area contributed by atoms with E-state index in [-0.39, 0.29) is 5.54 Å². The summed E-state index contributed by atoms with van der Waals surface area (Å²) in [6.07, 6.45) is 8.50. The van der Waals surface area contributed by atoms with E-state index in [1.54, 1.807) is 0 Å². The zero-order valence-electron chi connectivity index (χ0n) is 14.5. The van der Waals surface area contributed by atoms with Crippen molar-refractivity contribution in [2.45, 2.75) is 84.7 Å². The van der Waals surface area contributed by atoms with Crippen LogP contribution in [0.15, 0.2) is 0 Å². The maximum atomic E-state index is 3.82. The van der Waals surface area contributed by atoms with Crippen molar-refractivity contribution in [3.63, 3.8) is 0 Å². The quantitative estimate of drug-likeness (QED) is 0.835. The van der Waals surface area contributed by atoms with Crippen LogP contribution in [0, 0.1) is 11.3 Å². The molecule has 2 nitrogen and oxygen atoms in total. The van der Waals surface area contributed by atoms with Gasteiger partial charge in [0.2, 0.25) is 0 Å². The molecule has 2 fully saturated rings. The number of nitrogens with one attached hydrogen (secondary N) is 1. The van der Waals surface area contributed by atoms with E-state index in [4.69, 9.17) is 0 Å². The molecule has 1 aliphatic carbocycles. The Morgan fingerprint density at radius 3 is 2.45 bits per heavy atom. The predicted octanol–water partition coefficient (Wildman–Crippen LogP) is 4.06. The van der Waals surface area contributed by atoms with Gasteiger partial charge in [-0.1, -0.05) is 19.8 Å². The van der Waals surface area contributed by atoms with E-state index >= 15 is 0 Å². The second-order valence-corrected chi connectivity index (χ2v) is 8.77. The van der Waals surface area contributed by atoms with Crippen molar-refractivity contribution in [3.8, 4) is 0 Å². The molecule has 0 aromatic rings. The molecular weight excluding hydrogens is 244 g/mol. The number of nitrogens with zero attached hydrogens (tertiary/aromatic N) is 1. The first-order valence-electron chi connectivity index (χ1n) is 8.79. The molecule has 1 heterocycles. The number of rotatable bonds is 4. The fourth-order valence-corrected chi connectivity index (χ4v) is 4.24. The fraction of sp³-hybridized carbons (Fsp3) is 1.00. The number of hydrogen-bond acceptors (Lipinski definition) is 2. The lowest BCUT2D eigenvalue weighted by Gasteiger charge is -2.45. The summed E-state index contributed by atoms with van der Waals surface area (Å²) in [5.41, 5.74) is 0.758. The molecule has 1 aliphatic heterocycles. The van der Waals surface area contributed by atoms with E-state index in [1.165, 1.54) is 58.2 Å². The third-order valence-corrected chi connectivity index (χ3v) is 5.41. The molecule has 0 aromatic carbocycles. The normalized spacial score (nSPS) is 36.5. The van der Waals surface area contributed by atoms with Gasteiger partial charge in [0.15, 0.2) is 0 Å². The molecule has 1 saturated heterocycles. The molecule has 2 aliphatic rings. The summed E-state index contributed by atoms with van der Waals surface area (Å²) in [5.74, 6) is 0.906. The van der Waals surface area contributed by atoms with Gasteiger partial charge in [-0.25, -0.2) is 0 Å². The summed E-state index contributed by atoms with van der Waals surface area (Å²) in [4.78, 5) is 2.77. The topological polar surface area (TPSA) is 15.3 Å². The molecule has 0 amide bonds. The van der Waals surface area contributed by atoms with Gasteiger partial charge in [-0.3, -0.25) is 0 Å². The molecular formula is C18H36N2. The Morgan fingerprint density at radius 1 is 1.15 bits per heavy atom. The molecule has 2 rings (SSSR count). The Hall–Kier alpha value is -0.0800. The molecule has 0 aromatic heterocycles. The van der Waals surface area contributed by atoms with Crippen LogP contribution in [-0.2, 0) is 0 Å². The standard InChI is InChI=1S/C18H36N2/c1-15-8-6-10-18(12-15,13-19-17(3,4)5)14-20-11-7-9-16(20)2/h15-16,19H,6-14H2,1-5H3. The van der Waals surface area contributed by atoms with Gasteiger partial charge in [0.05, 0.1) is 0 Å². The van der Waals surface area contributed by atoms with Crippen molar-refractivity contribution < 1.29 is 0 Å². The molecule has 20 heavy (non-hydrogen) atoms. The monoisotopic (exact) mass is 280 g/mol. The lowest BCUT2D eigenvalue weighted by atomic mass is 9.69. The molecule has 2 heteroatoms. The summed E-state index contributed by atoms with van der Waals surface area (Å²) in [6, 6.07) is 0.804. The van der Waals surface area contributed by atoms with Crippen LogP contribution in [0.1, 0.15) is 73.1 Å². The van der Waals surface area contributed by atoms with Crippen LogP contribution < -0.4 is 5.32 Å². The van der Waals surface area contributed by atoms with Gasteiger partial charge >= 0.3 is 0 Å². The van der Waals surface area contributed by atoms with Crippen LogP contribution in [0.2, 0.25) is 0 Å². The Balaban J connectivity index is 2.02. The number of likely N-dealkylation sites (tertiary alicyclic amines) is 1. The lowest BCUT2D eigenvalue weighted by Crippen LogP contribution is -2.51. The minimum absolute atomic E-state index is 0.240. The van der Waals surface area contributed by atoms with Crippen molar-refractivity contribution in [1.82, 2.24) is 10.2 Å². The van der Waals surface area contributed by atoms with E-state index in [2.05, 4.69) is 44.8 Å². The SMILES string of the molecule is CC1CCCC(CNC(C)(C)C)(CN2CCCC2C)C1. The highest BCUT2D eigenvalue weighted by molar-refractivity contribution is 4.93. The third-order valence-electron chi connectivity index (χ3n) is 5.41. The maximum Gasteiger partial charge on any atom is 0.00967 e. The highest BCUT2D eigenvalue weighted by Crippen LogP contribution is 2.41. The summed E-state index contributed by atoms with van der Waals surface area (Å²) >= 11 is 0. The predicted molar refractivity (Wildman–Crippen MR) is 88.1 cm³/mol. The van der Waals surface area contributed by atoms with Crippen LogP contribution >= 0.6 is 0 Å². The smallest absolute Gasteiger partial charge is 0.00967 e. The maximum absolute atomic E-state index is 3.82. The van der Waals surface area contributed by atoms with Crippen molar-refractivity contribution in [3.05, 3.63) is 0 Å². The summed E-state index contributed by atoms with van der Waals surface area (Å²) in [7, 11) is 0. The summed E-state index contributed by atoms with van der Waals surface area (Å²) in [6.45, 7) is 15.6. The van der Waals surface area contributed by atoms with E-state index in [9.17, 15) is 0 Å². The first-order chi connectivity index (χ1) is 9.30. The molecule has 3 unspecified atom stereocenters. The van der Waals surface area contributed by atoms with Gasteiger partial charge in [-0.15, -0.1) is 0 Å². The zero-order chi connectivity index (χ0) is 14.8. The minimum atomic E-state index is 0.240. The molecule has 1 N–H and O–H groups in total. The van der Waals surface area contributed by atoms with E-state index in [0.29, 0.717) is 5.41 Å². The van der Waals surface area contributed by atoms with Gasteiger partial charge in [-0.05, 0) is 71.3 Å². The lowest BCUT2D eigenvalue weighted by molar-refractivity contribution is 0.0708. The van der Waals surface area contributed by atoms with Crippen LogP contribution in [0.4, 0.5) is 0 Å². The van der Waals surface area contributed by atoms with Gasteiger partial charge in [0.25, 0.3) is 0 Å². The average molecular weight is 280 g/mol. The third kappa shape index (κ3) is 4.46. The highest BCUT2D eigenvalue weighted by atomic mass is 15.2. The van der Waals surface area contributed by atoms with Gasteiger partial charge < -0.3 is 10.2 Å². The average Bonchev–Trinajstić information content (AvgIpc) is 2.72. The van der Waals surface area contributed by atoms with Crippen molar-refractivity contribution in [2.24, 2.45) is 11.3 Å². The molecule has 0 bridgehead atoms. The number of hydrogen-bond donors (Lipinski definition) is 1. The Bertz CT molecular complexity index is 307. The first-order valence-corrected chi connectivity index (χ1v) is 8.79. The molecule has 0 spiro atoms. The second-order valence-electron chi connectivity index (χ2n) is 8.77. The highest BCUT2D eigenvalue weighted by Gasteiger charge is 2.38. The van der Waals surface area contributed by atoms with Crippen LogP contribution in [-0.4, -0.2) is 36.1 Å². The van der Waals surface area contributed by atoms with E-state index in [1.807, 2.05) is 0 Å². The largest absolute Gasteiger partial charge is 0.311 e. The van der Waals surface area contributed by atoms with E-state index < -0.39 is 0 Å². The zero-order valence-corrected chi connectivity index (χ0v) is 14.5. The summed E-state index contributed by atoms with van der Waals surface area (Å²) < 4.78 is 0.